The maximum absolute atomic E-state index is 2.35. The van der Waals surface area contributed by atoms with E-state index in [1.54, 1.807) is 0 Å². The Bertz CT molecular complexity index is 220. The van der Waals surface area contributed by atoms with Gasteiger partial charge in [-0.3, -0.25) is 0 Å². The van der Waals surface area contributed by atoms with Gasteiger partial charge in [0.2, 0.25) is 0 Å². The van der Waals surface area contributed by atoms with Crippen LogP contribution in [0.5, 0.6) is 0 Å². The minimum atomic E-state index is 0.280. The van der Waals surface area contributed by atoms with Gasteiger partial charge in [0.05, 0.1) is 0 Å². The zero-order chi connectivity index (χ0) is 9.57. The molecule has 0 saturated carbocycles. The zero-order valence-electron chi connectivity index (χ0n) is 8.79. The minimum absolute atomic E-state index is 0.280. The molecule has 0 N–H and O–H groups in total. The fourth-order valence-corrected chi connectivity index (χ4v) is 1.54. The van der Waals surface area contributed by atoms with Gasteiger partial charge < -0.3 is 0 Å². The number of hydrogen-bond acceptors (Lipinski definition) is 0. The van der Waals surface area contributed by atoms with Crippen molar-refractivity contribution in [3.8, 4) is 0 Å². The van der Waals surface area contributed by atoms with Crippen molar-refractivity contribution in [3.05, 3.63) is 36.5 Å². The lowest BCUT2D eigenvalue weighted by Crippen LogP contribution is -2.09. The average Bonchev–Trinajstić information content (AvgIpc) is 2.14. The summed E-state index contributed by atoms with van der Waals surface area (Å²) < 4.78 is 0. The molecule has 0 heteroatoms. The van der Waals surface area contributed by atoms with Crippen molar-refractivity contribution in [2.75, 3.05) is 0 Å². The predicted molar refractivity (Wildman–Crippen MR) is 59.7 cm³/mol. The quantitative estimate of drug-likeness (QED) is 0.443. The molecule has 0 aliphatic heterocycles. The Hall–Kier alpha value is -0.780. The van der Waals surface area contributed by atoms with Gasteiger partial charge in [0.25, 0.3) is 0 Å². The Labute approximate surface area is 82.0 Å². The Morgan fingerprint density at radius 2 is 2.23 bits per heavy atom. The first-order chi connectivity index (χ1) is 6.27. The highest BCUT2D eigenvalue weighted by atomic mass is 14.2. The number of allylic oxidation sites excluding steroid dienone is 6. The third-order valence-corrected chi connectivity index (χ3v) is 2.50. The predicted octanol–water partition coefficient (Wildman–Crippen LogP) is 4.26. The summed E-state index contributed by atoms with van der Waals surface area (Å²) in [5.41, 5.74) is 0.280. The summed E-state index contributed by atoms with van der Waals surface area (Å²) in [5, 5.41) is 0. The van der Waals surface area contributed by atoms with E-state index >= 15 is 0 Å². The molecule has 72 valence electrons. The van der Waals surface area contributed by atoms with Gasteiger partial charge in [-0.25, -0.2) is 0 Å². The van der Waals surface area contributed by atoms with Gasteiger partial charge in [-0.15, -0.1) is 0 Å². The first kappa shape index (κ1) is 10.3. The van der Waals surface area contributed by atoms with Crippen LogP contribution < -0.4 is 0 Å². The molecule has 0 bridgehead atoms. The monoisotopic (exact) mass is 176 g/mol. The number of hydrogen-bond donors (Lipinski definition) is 0. The maximum Gasteiger partial charge on any atom is 0.00703 e. The summed E-state index contributed by atoms with van der Waals surface area (Å²) >= 11 is 0. The Morgan fingerprint density at radius 3 is 2.85 bits per heavy atom. The molecule has 1 aliphatic carbocycles. The molecular weight excluding hydrogens is 156 g/mol. The highest BCUT2D eigenvalue weighted by Crippen LogP contribution is 2.28. The zero-order valence-corrected chi connectivity index (χ0v) is 8.79. The lowest BCUT2D eigenvalue weighted by atomic mass is 9.83. The Kier molecular flexibility index (Phi) is 4.01. The molecule has 0 heterocycles. The van der Waals surface area contributed by atoms with E-state index in [1.165, 1.54) is 19.3 Å². The summed E-state index contributed by atoms with van der Waals surface area (Å²) in [5.74, 6) is 0. The van der Waals surface area contributed by atoms with Crippen molar-refractivity contribution in [1.82, 2.24) is 0 Å². The third-order valence-electron chi connectivity index (χ3n) is 2.50. The molecule has 0 radical (unpaired) electrons. The van der Waals surface area contributed by atoms with E-state index in [2.05, 4.69) is 50.3 Å². The molecule has 0 fully saturated rings. The van der Waals surface area contributed by atoms with E-state index in [4.69, 9.17) is 0 Å². The topological polar surface area (TPSA) is 0 Å². The van der Waals surface area contributed by atoms with Crippen molar-refractivity contribution in [1.29, 1.82) is 0 Å². The molecule has 0 spiro atoms. The largest absolute Gasteiger partial charge is 0.0877 e. The van der Waals surface area contributed by atoms with Crippen LogP contribution in [0.15, 0.2) is 36.5 Å². The summed E-state index contributed by atoms with van der Waals surface area (Å²) in [6.45, 7) is 4.52. The summed E-state index contributed by atoms with van der Waals surface area (Å²) in [6.07, 6.45) is 18.4. The Balaban J connectivity index is 2.38. The van der Waals surface area contributed by atoms with Crippen molar-refractivity contribution >= 4 is 0 Å². The van der Waals surface area contributed by atoms with E-state index in [0.717, 1.165) is 6.42 Å². The standard InChI is InChI=1S/C13H20/c1-3-4-5-7-10-13(2)11-8-6-9-12-13/h6-11H,3-5,12H2,1-2H3. The summed E-state index contributed by atoms with van der Waals surface area (Å²) in [6, 6.07) is 0. The van der Waals surface area contributed by atoms with Crippen molar-refractivity contribution in [2.24, 2.45) is 5.41 Å². The molecule has 13 heavy (non-hydrogen) atoms. The SMILES string of the molecule is CCCCC=CC1(C)C=CC=CC1. The van der Waals surface area contributed by atoms with Crippen LogP contribution in [0.25, 0.3) is 0 Å². The van der Waals surface area contributed by atoms with Crippen molar-refractivity contribution in [3.63, 3.8) is 0 Å². The molecule has 0 aromatic rings. The van der Waals surface area contributed by atoms with Crippen LogP contribution in [-0.2, 0) is 0 Å². The van der Waals surface area contributed by atoms with Crippen LogP contribution in [-0.4, -0.2) is 0 Å². The second-order valence-electron chi connectivity index (χ2n) is 4.04. The molecule has 1 rings (SSSR count). The average molecular weight is 176 g/mol. The van der Waals surface area contributed by atoms with E-state index < -0.39 is 0 Å². The fraction of sp³-hybridized carbons (Fsp3) is 0.538. The van der Waals surface area contributed by atoms with Gasteiger partial charge in [0.1, 0.15) is 0 Å². The first-order valence-corrected chi connectivity index (χ1v) is 5.29. The van der Waals surface area contributed by atoms with Gasteiger partial charge in [0.15, 0.2) is 0 Å². The second kappa shape index (κ2) is 5.06. The number of rotatable bonds is 4. The van der Waals surface area contributed by atoms with E-state index in [-0.39, 0.29) is 5.41 Å². The summed E-state index contributed by atoms with van der Waals surface area (Å²) in [7, 11) is 0. The van der Waals surface area contributed by atoms with Crippen LogP contribution in [0.4, 0.5) is 0 Å². The van der Waals surface area contributed by atoms with Gasteiger partial charge in [-0.05, 0) is 12.8 Å². The van der Waals surface area contributed by atoms with Crippen LogP contribution in [0, 0.1) is 5.41 Å². The molecule has 1 unspecified atom stereocenters. The highest BCUT2D eigenvalue weighted by molar-refractivity contribution is 5.21. The van der Waals surface area contributed by atoms with Gasteiger partial charge >= 0.3 is 0 Å². The molecule has 0 aromatic carbocycles. The van der Waals surface area contributed by atoms with E-state index in [0.29, 0.717) is 0 Å². The molecule has 1 aliphatic rings. The van der Waals surface area contributed by atoms with Crippen LogP contribution >= 0.6 is 0 Å². The molecule has 0 nitrogen and oxygen atoms in total. The second-order valence-corrected chi connectivity index (χ2v) is 4.04. The molecule has 0 amide bonds. The van der Waals surface area contributed by atoms with Crippen LogP contribution in [0.1, 0.15) is 39.5 Å². The third kappa shape index (κ3) is 3.63. The lowest BCUT2D eigenvalue weighted by molar-refractivity contribution is 0.553. The number of unbranched alkanes of at least 4 members (excludes halogenated alkanes) is 2. The van der Waals surface area contributed by atoms with Crippen LogP contribution in [0.3, 0.4) is 0 Å². The fourth-order valence-electron chi connectivity index (χ4n) is 1.54. The highest BCUT2D eigenvalue weighted by Gasteiger charge is 2.15. The van der Waals surface area contributed by atoms with E-state index in [1.807, 2.05) is 0 Å². The van der Waals surface area contributed by atoms with Crippen molar-refractivity contribution in [2.45, 2.75) is 39.5 Å². The molecule has 0 saturated heterocycles. The normalized spacial score (nSPS) is 27.2. The smallest absolute Gasteiger partial charge is 0.00703 e. The molecule has 1 atom stereocenters. The first-order valence-electron chi connectivity index (χ1n) is 5.29. The molecule has 0 aromatic heterocycles. The summed E-state index contributed by atoms with van der Waals surface area (Å²) in [4.78, 5) is 0. The van der Waals surface area contributed by atoms with Crippen LogP contribution in [0.2, 0.25) is 0 Å². The van der Waals surface area contributed by atoms with Crippen molar-refractivity contribution < 1.29 is 0 Å². The van der Waals surface area contributed by atoms with Gasteiger partial charge in [-0.1, -0.05) is 63.1 Å². The minimum Gasteiger partial charge on any atom is -0.0877 e. The molecular formula is C13H20. The van der Waals surface area contributed by atoms with Gasteiger partial charge in [0, 0.05) is 5.41 Å². The maximum atomic E-state index is 2.35. The van der Waals surface area contributed by atoms with Gasteiger partial charge in [-0.2, -0.15) is 0 Å². The van der Waals surface area contributed by atoms with E-state index in [9.17, 15) is 0 Å². The lowest BCUT2D eigenvalue weighted by Gasteiger charge is -2.21. The Morgan fingerprint density at radius 1 is 1.38 bits per heavy atom.